The summed E-state index contributed by atoms with van der Waals surface area (Å²) >= 11 is 0. The number of methoxy groups -OCH3 is 1. The Bertz CT molecular complexity index is 1130. The largest absolute Gasteiger partial charge is 0.507 e. The molecule has 0 spiro atoms. The molecule has 2 aromatic carbocycles. The molecule has 3 aromatic rings. The second kappa shape index (κ2) is 8.51. The first-order valence-corrected chi connectivity index (χ1v) is 10.2. The summed E-state index contributed by atoms with van der Waals surface area (Å²) in [5.41, 5.74) is 2.66. The first kappa shape index (κ1) is 20.5. The van der Waals surface area contributed by atoms with Crippen LogP contribution in [-0.4, -0.2) is 40.5 Å². The molecule has 1 fully saturated rings. The molecule has 31 heavy (non-hydrogen) atoms. The lowest BCUT2D eigenvalue weighted by molar-refractivity contribution is 0.102. The van der Waals surface area contributed by atoms with Crippen molar-refractivity contribution in [2.75, 3.05) is 19.0 Å². The van der Waals surface area contributed by atoms with E-state index in [2.05, 4.69) is 15.7 Å². The summed E-state index contributed by atoms with van der Waals surface area (Å²) in [5.74, 6) is 0.386. The van der Waals surface area contributed by atoms with Crippen molar-refractivity contribution in [2.45, 2.75) is 25.7 Å². The number of ether oxygens (including phenoxy) is 1. The fraction of sp³-hybridized carbons (Fsp3) is 0.261. The second-order valence-corrected chi connectivity index (χ2v) is 7.36. The molecule has 0 saturated heterocycles. The summed E-state index contributed by atoms with van der Waals surface area (Å²) in [6.07, 6.45) is 2.04. The van der Waals surface area contributed by atoms with E-state index in [4.69, 9.17) is 4.74 Å². The van der Waals surface area contributed by atoms with Gasteiger partial charge in [0.1, 0.15) is 11.5 Å². The first-order valence-electron chi connectivity index (χ1n) is 10.2. The van der Waals surface area contributed by atoms with Gasteiger partial charge in [0.05, 0.1) is 24.1 Å². The minimum absolute atomic E-state index is 0.0410. The molecule has 1 heterocycles. The molecule has 3 N–H and O–H groups in total. The number of nitrogens with zero attached hydrogens (tertiary/aromatic N) is 2. The molecule has 1 aliphatic rings. The van der Waals surface area contributed by atoms with Crippen LogP contribution in [0.5, 0.6) is 11.5 Å². The van der Waals surface area contributed by atoms with Gasteiger partial charge in [0.25, 0.3) is 5.91 Å². The molecule has 1 aromatic heterocycles. The maximum Gasteiger partial charge on any atom is 0.342 e. The summed E-state index contributed by atoms with van der Waals surface area (Å²) in [6.45, 7) is 2.35. The Kier molecular flexibility index (Phi) is 5.62. The molecule has 2 amide bonds. The summed E-state index contributed by atoms with van der Waals surface area (Å²) in [7, 11) is 1.50. The second-order valence-electron chi connectivity index (χ2n) is 7.36. The molecule has 160 valence electrons. The Morgan fingerprint density at radius 2 is 1.97 bits per heavy atom. The number of phenols is 1. The molecule has 1 saturated carbocycles. The fourth-order valence-electron chi connectivity index (χ4n) is 3.44. The highest BCUT2D eigenvalue weighted by atomic mass is 16.5. The van der Waals surface area contributed by atoms with Gasteiger partial charge in [-0.2, -0.15) is 9.78 Å². The average Bonchev–Trinajstić information content (AvgIpc) is 3.52. The van der Waals surface area contributed by atoms with Crippen molar-refractivity contribution in [3.63, 3.8) is 0 Å². The zero-order valence-electron chi connectivity index (χ0n) is 17.4. The number of anilines is 1. The van der Waals surface area contributed by atoms with Crippen molar-refractivity contribution < 1.29 is 19.4 Å². The number of hydrogen-bond donors (Lipinski definition) is 3. The smallest absolute Gasteiger partial charge is 0.342 e. The third-order valence-corrected chi connectivity index (χ3v) is 5.14. The van der Waals surface area contributed by atoms with Gasteiger partial charge in [-0.1, -0.05) is 12.1 Å². The number of para-hydroxylation sites is 1. The van der Waals surface area contributed by atoms with Crippen LogP contribution >= 0.6 is 0 Å². The highest BCUT2D eigenvalue weighted by molar-refractivity contribution is 6.06. The Labute approximate surface area is 179 Å². The Morgan fingerprint density at radius 1 is 1.19 bits per heavy atom. The molecule has 8 heteroatoms. The number of amides is 2. The van der Waals surface area contributed by atoms with Crippen LogP contribution in [0.25, 0.3) is 11.3 Å². The van der Waals surface area contributed by atoms with Gasteiger partial charge < -0.3 is 20.5 Å². The number of aromatic hydroxyl groups is 1. The molecule has 4 rings (SSSR count). The average molecular weight is 420 g/mol. The zero-order chi connectivity index (χ0) is 22.0. The van der Waals surface area contributed by atoms with E-state index in [1.165, 1.54) is 17.9 Å². The zero-order valence-corrected chi connectivity index (χ0v) is 17.4. The molecule has 0 aliphatic heterocycles. The van der Waals surface area contributed by atoms with Crippen molar-refractivity contribution in [1.82, 2.24) is 15.1 Å². The molecule has 0 atom stereocenters. The van der Waals surface area contributed by atoms with Gasteiger partial charge in [0.15, 0.2) is 0 Å². The number of hydrogen-bond acceptors (Lipinski definition) is 5. The van der Waals surface area contributed by atoms with E-state index in [-0.39, 0.29) is 17.7 Å². The molecule has 0 unspecified atom stereocenters. The van der Waals surface area contributed by atoms with E-state index in [9.17, 15) is 14.7 Å². The van der Waals surface area contributed by atoms with Crippen LogP contribution in [0, 0.1) is 0 Å². The summed E-state index contributed by atoms with van der Waals surface area (Å²) < 4.78 is 6.61. The van der Waals surface area contributed by atoms with Gasteiger partial charge in [-0.15, -0.1) is 0 Å². The fourth-order valence-corrected chi connectivity index (χ4v) is 3.44. The summed E-state index contributed by atoms with van der Waals surface area (Å²) in [5, 5.41) is 20.5. The van der Waals surface area contributed by atoms with E-state index in [1.54, 1.807) is 36.4 Å². The lowest BCUT2D eigenvalue weighted by Crippen LogP contribution is -2.30. The van der Waals surface area contributed by atoms with Crippen molar-refractivity contribution in [3.05, 3.63) is 59.8 Å². The van der Waals surface area contributed by atoms with Crippen LogP contribution in [0.3, 0.4) is 0 Å². The predicted octanol–water partition coefficient (Wildman–Crippen LogP) is 3.97. The van der Waals surface area contributed by atoms with Crippen molar-refractivity contribution in [2.24, 2.45) is 0 Å². The van der Waals surface area contributed by atoms with Crippen molar-refractivity contribution in [1.29, 1.82) is 0 Å². The molecular weight excluding hydrogens is 396 g/mol. The Balaban J connectivity index is 1.59. The van der Waals surface area contributed by atoms with Crippen LogP contribution in [-0.2, 0) is 0 Å². The number of carbonyl (C=O) groups excluding carboxylic acids is 2. The molecular formula is C23H24N4O4. The third-order valence-electron chi connectivity index (χ3n) is 5.14. The standard InChI is InChI=1S/C23H24N4O4/c1-3-24-23(30)27-19(14-8-9-14)13-18(26-27)16-11-10-15(12-20(16)28)25-22(29)17-6-4-5-7-21(17)31-2/h4-7,10-14,28H,3,8-9H2,1-2H3,(H,24,30)(H,25,29). The van der Waals surface area contributed by atoms with Crippen molar-refractivity contribution in [3.8, 4) is 22.8 Å². The number of benzene rings is 2. The first-order chi connectivity index (χ1) is 15.0. The van der Waals surface area contributed by atoms with Crippen LogP contribution in [0.15, 0.2) is 48.5 Å². The van der Waals surface area contributed by atoms with E-state index < -0.39 is 0 Å². The molecule has 0 bridgehead atoms. The molecule has 0 radical (unpaired) electrons. The van der Waals surface area contributed by atoms with Gasteiger partial charge in [0.2, 0.25) is 0 Å². The highest BCUT2D eigenvalue weighted by Crippen LogP contribution is 2.42. The lowest BCUT2D eigenvalue weighted by atomic mass is 10.1. The van der Waals surface area contributed by atoms with Gasteiger partial charge >= 0.3 is 6.03 Å². The quantitative estimate of drug-likeness (QED) is 0.560. The topological polar surface area (TPSA) is 105 Å². The number of carbonyl (C=O) groups is 2. The number of nitrogens with one attached hydrogen (secondary N) is 2. The van der Waals surface area contributed by atoms with Gasteiger partial charge in [-0.3, -0.25) is 4.79 Å². The Morgan fingerprint density at radius 3 is 2.65 bits per heavy atom. The van der Waals surface area contributed by atoms with Crippen LogP contribution in [0.1, 0.15) is 41.7 Å². The van der Waals surface area contributed by atoms with E-state index >= 15 is 0 Å². The van der Waals surface area contributed by atoms with E-state index in [0.717, 1.165) is 18.5 Å². The van der Waals surface area contributed by atoms with E-state index in [0.29, 0.717) is 40.7 Å². The van der Waals surface area contributed by atoms with Crippen LogP contribution in [0.4, 0.5) is 10.5 Å². The summed E-state index contributed by atoms with van der Waals surface area (Å²) in [6, 6.07) is 13.3. The van der Waals surface area contributed by atoms with Crippen LogP contribution < -0.4 is 15.4 Å². The predicted molar refractivity (Wildman–Crippen MR) is 117 cm³/mol. The summed E-state index contributed by atoms with van der Waals surface area (Å²) in [4.78, 5) is 25.0. The Hall–Kier alpha value is -3.81. The highest BCUT2D eigenvalue weighted by Gasteiger charge is 2.30. The van der Waals surface area contributed by atoms with Crippen LogP contribution in [0.2, 0.25) is 0 Å². The maximum atomic E-state index is 12.6. The van der Waals surface area contributed by atoms with E-state index in [1.807, 2.05) is 13.0 Å². The lowest BCUT2D eigenvalue weighted by Gasteiger charge is -2.10. The number of aromatic nitrogens is 2. The van der Waals surface area contributed by atoms with Gasteiger partial charge in [-0.25, -0.2) is 4.79 Å². The number of rotatable bonds is 6. The molecule has 8 nitrogen and oxygen atoms in total. The normalized spacial score (nSPS) is 13.0. The van der Waals surface area contributed by atoms with Gasteiger partial charge in [0, 0.05) is 29.8 Å². The SMILES string of the molecule is CCNC(=O)n1nc(-c2ccc(NC(=O)c3ccccc3OC)cc2O)cc1C1CC1. The number of phenolic OH excluding ortho intramolecular Hbond substituents is 1. The minimum Gasteiger partial charge on any atom is -0.507 e. The van der Waals surface area contributed by atoms with Gasteiger partial charge in [-0.05, 0) is 50.1 Å². The maximum absolute atomic E-state index is 12.6. The monoisotopic (exact) mass is 420 g/mol. The van der Waals surface area contributed by atoms with Crippen molar-refractivity contribution >= 4 is 17.6 Å². The minimum atomic E-state index is -0.346. The molecule has 1 aliphatic carbocycles. The third kappa shape index (κ3) is 4.23.